The molecule has 0 saturated heterocycles. The molecule has 2 atom stereocenters. The molecular formula is C11H19NO3. The van der Waals surface area contributed by atoms with E-state index in [1.54, 1.807) is 6.92 Å². The molecule has 4 heteroatoms. The maximum atomic E-state index is 10.3. The fraction of sp³-hybridized carbons (Fsp3) is 0.727. The fourth-order valence-corrected chi connectivity index (χ4v) is 1.97. The van der Waals surface area contributed by atoms with Gasteiger partial charge in [0.05, 0.1) is 6.10 Å². The van der Waals surface area contributed by atoms with E-state index in [2.05, 4.69) is 5.32 Å². The Bertz CT molecular complexity index is 250. The number of hydrogen-bond donors (Lipinski definition) is 3. The summed E-state index contributed by atoms with van der Waals surface area (Å²) in [7, 11) is 0. The van der Waals surface area contributed by atoms with Gasteiger partial charge in [-0.2, -0.15) is 0 Å². The van der Waals surface area contributed by atoms with E-state index in [-0.39, 0.29) is 6.10 Å². The molecule has 2 unspecified atom stereocenters. The van der Waals surface area contributed by atoms with E-state index in [1.807, 2.05) is 0 Å². The Balaban J connectivity index is 2.13. The van der Waals surface area contributed by atoms with Crippen molar-refractivity contribution >= 4 is 5.97 Å². The van der Waals surface area contributed by atoms with E-state index >= 15 is 0 Å². The Kier molecular flexibility index (Phi) is 4.78. The second-order valence-electron chi connectivity index (χ2n) is 4.29. The number of hydrogen-bond acceptors (Lipinski definition) is 3. The number of carbonyl (C=O) groups is 1. The molecule has 0 bridgehead atoms. The van der Waals surface area contributed by atoms with Crippen LogP contribution in [0.2, 0.25) is 0 Å². The summed E-state index contributed by atoms with van der Waals surface area (Å²) in [5.41, 5.74) is 0.820. The zero-order valence-electron chi connectivity index (χ0n) is 9.07. The number of nitrogens with one attached hydrogen (secondary N) is 1. The molecule has 4 nitrogen and oxygen atoms in total. The van der Waals surface area contributed by atoms with E-state index in [4.69, 9.17) is 5.11 Å². The lowest BCUT2D eigenvalue weighted by atomic mass is 10.1. The smallest absolute Gasteiger partial charge is 0.328 e. The molecule has 3 N–H and O–H groups in total. The first-order valence-corrected chi connectivity index (χ1v) is 5.37. The van der Waals surface area contributed by atoms with Crippen molar-refractivity contribution < 1.29 is 15.0 Å². The third-order valence-electron chi connectivity index (χ3n) is 2.72. The van der Waals surface area contributed by atoms with Crippen LogP contribution in [0.4, 0.5) is 0 Å². The number of aliphatic carboxylic acids is 1. The van der Waals surface area contributed by atoms with Gasteiger partial charge in [0.25, 0.3) is 0 Å². The number of carboxylic acid groups (broad SMARTS) is 1. The highest BCUT2D eigenvalue weighted by Crippen LogP contribution is 2.24. The van der Waals surface area contributed by atoms with Crippen molar-refractivity contribution in [1.29, 1.82) is 0 Å². The molecule has 0 spiro atoms. The molecule has 0 aromatic carbocycles. The SMILES string of the molecule is CC(=CC(=O)O)CNCC1CCC(O)C1. The molecule has 0 radical (unpaired) electrons. The lowest BCUT2D eigenvalue weighted by molar-refractivity contribution is -0.131. The van der Waals surface area contributed by atoms with Crippen LogP contribution in [0.1, 0.15) is 26.2 Å². The predicted octanol–water partition coefficient (Wildman–Crippen LogP) is 0.768. The molecule has 0 amide bonds. The first-order chi connectivity index (χ1) is 7.08. The topological polar surface area (TPSA) is 69.6 Å². The minimum Gasteiger partial charge on any atom is -0.478 e. The highest BCUT2D eigenvalue weighted by molar-refractivity contribution is 5.80. The van der Waals surface area contributed by atoms with Crippen molar-refractivity contribution in [1.82, 2.24) is 5.32 Å². The Labute approximate surface area is 90.0 Å². The number of carboxylic acids is 1. The van der Waals surface area contributed by atoms with Gasteiger partial charge in [-0.05, 0) is 38.6 Å². The largest absolute Gasteiger partial charge is 0.478 e. The molecule has 0 aromatic heterocycles. The minimum atomic E-state index is -0.898. The summed E-state index contributed by atoms with van der Waals surface area (Å²) >= 11 is 0. The normalized spacial score (nSPS) is 26.9. The van der Waals surface area contributed by atoms with Crippen LogP contribution in [0.15, 0.2) is 11.6 Å². The summed E-state index contributed by atoms with van der Waals surface area (Å²) in [5.74, 6) is -0.358. The Morgan fingerprint density at radius 3 is 2.80 bits per heavy atom. The van der Waals surface area contributed by atoms with Crippen molar-refractivity contribution in [2.75, 3.05) is 13.1 Å². The first-order valence-electron chi connectivity index (χ1n) is 5.37. The van der Waals surface area contributed by atoms with E-state index in [0.29, 0.717) is 12.5 Å². The highest BCUT2D eigenvalue weighted by Gasteiger charge is 2.21. The summed E-state index contributed by atoms with van der Waals surface area (Å²) < 4.78 is 0. The standard InChI is InChI=1S/C11H19NO3/c1-8(4-11(14)15)6-12-7-9-2-3-10(13)5-9/h4,9-10,12-13H,2-3,5-7H2,1H3,(H,14,15). The monoisotopic (exact) mass is 213 g/mol. The van der Waals surface area contributed by atoms with Gasteiger partial charge in [0, 0.05) is 12.6 Å². The van der Waals surface area contributed by atoms with Gasteiger partial charge in [0.15, 0.2) is 0 Å². The van der Waals surface area contributed by atoms with Crippen molar-refractivity contribution in [3.8, 4) is 0 Å². The molecule has 1 saturated carbocycles. The van der Waals surface area contributed by atoms with Crippen LogP contribution in [-0.2, 0) is 4.79 Å². The van der Waals surface area contributed by atoms with Crippen LogP contribution >= 0.6 is 0 Å². The molecule has 0 heterocycles. The minimum absolute atomic E-state index is 0.132. The molecule has 0 aromatic rings. The molecule has 1 aliphatic rings. The number of aliphatic hydroxyl groups excluding tert-OH is 1. The zero-order chi connectivity index (χ0) is 11.3. The maximum absolute atomic E-state index is 10.3. The molecule has 1 aliphatic carbocycles. The third-order valence-corrected chi connectivity index (χ3v) is 2.72. The van der Waals surface area contributed by atoms with Gasteiger partial charge in [0.1, 0.15) is 0 Å². The zero-order valence-corrected chi connectivity index (χ0v) is 9.07. The molecule has 0 aliphatic heterocycles. The van der Waals surface area contributed by atoms with Crippen molar-refractivity contribution in [2.24, 2.45) is 5.92 Å². The number of aliphatic hydroxyl groups is 1. The Hall–Kier alpha value is -0.870. The third kappa shape index (κ3) is 4.95. The van der Waals surface area contributed by atoms with Crippen LogP contribution in [0, 0.1) is 5.92 Å². The lowest BCUT2D eigenvalue weighted by Crippen LogP contribution is -2.23. The molecule has 1 fully saturated rings. The van der Waals surface area contributed by atoms with Gasteiger partial charge < -0.3 is 15.5 Å². The Morgan fingerprint density at radius 2 is 2.27 bits per heavy atom. The van der Waals surface area contributed by atoms with Gasteiger partial charge >= 0.3 is 5.97 Å². The fourth-order valence-electron chi connectivity index (χ4n) is 1.97. The number of rotatable bonds is 5. The van der Waals surface area contributed by atoms with E-state index < -0.39 is 5.97 Å². The quantitative estimate of drug-likeness (QED) is 0.590. The van der Waals surface area contributed by atoms with Gasteiger partial charge in [-0.3, -0.25) is 0 Å². The maximum Gasteiger partial charge on any atom is 0.328 e. The van der Waals surface area contributed by atoms with Crippen LogP contribution in [-0.4, -0.2) is 35.4 Å². The predicted molar refractivity (Wildman–Crippen MR) is 57.6 cm³/mol. The van der Waals surface area contributed by atoms with Gasteiger partial charge in [-0.1, -0.05) is 5.57 Å². The van der Waals surface area contributed by atoms with Crippen molar-refractivity contribution in [3.63, 3.8) is 0 Å². The summed E-state index contributed by atoms with van der Waals surface area (Å²) in [6, 6.07) is 0. The van der Waals surface area contributed by atoms with Gasteiger partial charge in [-0.15, -0.1) is 0 Å². The van der Waals surface area contributed by atoms with E-state index in [1.165, 1.54) is 6.08 Å². The van der Waals surface area contributed by atoms with Gasteiger partial charge in [-0.25, -0.2) is 4.79 Å². The summed E-state index contributed by atoms with van der Waals surface area (Å²) in [6.45, 7) is 3.27. The second kappa shape index (κ2) is 5.88. The lowest BCUT2D eigenvalue weighted by Gasteiger charge is -2.10. The average Bonchev–Trinajstić information content (AvgIpc) is 2.50. The van der Waals surface area contributed by atoms with Gasteiger partial charge in [0.2, 0.25) is 0 Å². The average molecular weight is 213 g/mol. The summed E-state index contributed by atoms with van der Waals surface area (Å²) in [5, 5.41) is 21.0. The first kappa shape index (κ1) is 12.2. The molecule has 1 rings (SSSR count). The van der Waals surface area contributed by atoms with Crippen LogP contribution in [0.5, 0.6) is 0 Å². The van der Waals surface area contributed by atoms with Crippen molar-refractivity contribution in [3.05, 3.63) is 11.6 Å². The van der Waals surface area contributed by atoms with Crippen molar-refractivity contribution in [2.45, 2.75) is 32.3 Å². The molecule has 86 valence electrons. The molecular weight excluding hydrogens is 194 g/mol. The highest BCUT2D eigenvalue weighted by atomic mass is 16.4. The summed E-state index contributed by atoms with van der Waals surface area (Å²) in [4.78, 5) is 10.3. The second-order valence-corrected chi connectivity index (χ2v) is 4.29. The van der Waals surface area contributed by atoms with E-state index in [9.17, 15) is 9.90 Å². The molecule has 15 heavy (non-hydrogen) atoms. The van der Waals surface area contributed by atoms with Crippen LogP contribution < -0.4 is 5.32 Å². The Morgan fingerprint density at radius 1 is 1.53 bits per heavy atom. The summed E-state index contributed by atoms with van der Waals surface area (Å²) in [6.07, 6.45) is 3.92. The van der Waals surface area contributed by atoms with E-state index in [0.717, 1.165) is 31.4 Å². The van der Waals surface area contributed by atoms with Crippen LogP contribution in [0.3, 0.4) is 0 Å². The van der Waals surface area contributed by atoms with Crippen LogP contribution in [0.25, 0.3) is 0 Å².